The molecular formula is C21H28F2N4O3. The maximum atomic E-state index is 15.0. The molecule has 30 heavy (non-hydrogen) atoms. The van der Waals surface area contributed by atoms with E-state index in [-0.39, 0.29) is 36.3 Å². The molecule has 1 amide bonds. The molecule has 2 aliphatic rings. The molecule has 2 fully saturated rings. The molecule has 7 nitrogen and oxygen atoms in total. The van der Waals surface area contributed by atoms with Gasteiger partial charge >= 0.3 is 5.69 Å². The summed E-state index contributed by atoms with van der Waals surface area (Å²) in [6.45, 7) is 7.93. The number of fused-ring (bicyclic) bond motifs is 2. The number of hydrogen-bond acceptors (Lipinski definition) is 4. The predicted molar refractivity (Wildman–Crippen MR) is 107 cm³/mol. The van der Waals surface area contributed by atoms with E-state index in [0.717, 1.165) is 0 Å². The van der Waals surface area contributed by atoms with Crippen LogP contribution in [0.2, 0.25) is 0 Å². The molecular weight excluding hydrogens is 394 g/mol. The number of aliphatic hydroxyl groups is 1. The molecule has 3 heterocycles. The van der Waals surface area contributed by atoms with Crippen LogP contribution >= 0.6 is 0 Å². The Morgan fingerprint density at radius 1 is 1.37 bits per heavy atom. The number of imidazole rings is 1. The van der Waals surface area contributed by atoms with Gasteiger partial charge in [-0.3, -0.25) is 13.9 Å². The van der Waals surface area contributed by atoms with Crippen molar-refractivity contribution in [3.63, 3.8) is 0 Å². The molecule has 4 rings (SSSR count). The van der Waals surface area contributed by atoms with E-state index in [9.17, 15) is 23.5 Å². The highest BCUT2D eigenvalue weighted by molar-refractivity contribution is 5.80. The molecule has 9 heteroatoms. The molecule has 1 N–H and O–H groups in total. The second kappa shape index (κ2) is 6.35. The van der Waals surface area contributed by atoms with E-state index in [4.69, 9.17) is 0 Å². The molecule has 3 unspecified atom stereocenters. The fourth-order valence-electron chi connectivity index (χ4n) is 4.86. The predicted octanol–water partition coefficient (Wildman–Crippen LogP) is 1.90. The first-order chi connectivity index (χ1) is 13.8. The number of carbonyl (C=O) groups is 1. The number of likely N-dealkylation sites (tertiary alicyclic amines) is 1. The summed E-state index contributed by atoms with van der Waals surface area (Å²) in [4.78, 5) is 30.6. The summed E-state index contributed by atoms with van der Waals surface area (Å²) < 4.78 is 33.0. The Balaban J connectivity index is 1.73. The normalized spacial score (nSPS) is 26.5. The average Bonchev–Trinajstić information content (AvgIpc) is 3.09. The zero-order valence-electron chi connectivity index (χ0n) is 17.9. The largest absolute Gasteiger partial charge is 0.384 e. The van der Waals surface area contributed by atoms with E-state index >= 15 is 0 Å². The fraction of sp³-hybridized carbons (Fsp3) is 0.667. The first-order valence-corrected chi connectivity index (χ1v) is 10.2. The molecule has 1 saturated carbocycles. The van der Waals surface area contributed by atoms with Gasteiger partial charge in [0.15, 0.2) is 5.65 Å². The first-order valence-electron chi connectivity index (χ1n) is 10.2. The SMILES string of the molecule is CC(O)C(=O)N1CCC2(c3ccc4c(n3)n(C)c(=O)n4CC(C)(C)C)C(C1)C2(F)F. The van der Waals surface area contributed by atoms with Crippen molar-refractivity contribution in [2.24, 2.45) is 18.4 Å². The van der Waals surface area contributed by atoms with Crippen molar-refractivity contribution < 1.29 is 18.7 Å². The molecule has 0 aromatic carbocycles. The van der Waals surface area contributed by atoms with Gasteiger partial charge in [-0.1, -0.05) is 20.8 Å². The summed E-state index contributed by atoms with van der Waals surface area (Å²) in [5, 5.41) is 9.52. The van der Waals surface area contributed by atoms with Crippen LogP contribution in [0, 0.1) is 11.3 Å². The summed E-state index contributed by atoms with van der Waals surface area (Å²) in [5.41, 5.74) is -0.511. The van der Waals surface area contributed by atoms with Crippen molar-refractivity contribution in [3.05, 3.63) is 28.3 Å². The fourth-order valence-corrected chi connectivity index (χ4v) is 4.86. The van der Waals surface area contributed by atoms with Gasteiger partial charge in [0.25, 0.3) is 11.8 Å². The third kappa shape index (κ3) is 2.81. The number of hydrogen-bond donors (Lipinski definition) is 1. The lowest BCUT2D eigenvalue weighted by atomic mass is 9.90. The van der Waals surface area contributed by atoms with Gasteiger partial charge in [-0.05, 0) is 30.9 Å². The van der Waals surface area contributed by atoms with E-state index in [1.165, 1.54) is 16.4 Å². The quantitative estimate of drug-likeness (QED) is 0.819. The molecule has 1 saturated heterocycles. The summed E-state index contributed by atoms with van der Waals surface area (Å²) in [7, 11) is 1.60. The van der Waals surface area contributed by atoms with Gasteiger partial charge in [-0.25, -0.2) is 18.6 Å². The monoisotopic (exact) mass is 422 g/mol. The Bertz CT molecular complexity index is 1080. The van der Waals surface area contributed by atoms with E-state index in [1.807, 2.05) is 20.8 Å². The Morgan fingerprint density at radius 2 is 2.03 bits per heavy atom. The van der Waals surface area contributed by atoms with Gasteiger partial charge in [0.2, 0.25) is 0 Å². The standard InChI is InChI=1S/C21H28F2N4O3/c1-12(28)17(29)26-9-8-20(14(10-26)21(20,22)23)15-7-6-13-16(24-15)25(5)18(30)27(13)11-19(2,3)4/h6-7,12,14,28H,8-11H2,1-5H3. The molecule has 3 atom stereocenters. The third-order valence-electron chi connectivity index (χ3n) is 6.46. The second-order valence-electron chi connectivity index (χ2n) is 9.88. The van der Waals surface area contributed by atoms with Gasteiger partial charge < -0.3 is 10.0 Å². The van der Waals surface area contributed by atoms with Crippen LogP contribution in [-0.4, -0.2) is 55.1 Å². The van der Waals surface area contributed by atoms with Crippen molar-refractivity contribution in [1.29, 1.82) is 0 Å². The average molecular weight is 422 g/mol. The number of pyridine rings is 1. The van der Waals surface area contributed by atoms with Crippen LogP contribution in [0.25, 0.3) is 11.2 Å². The van der Waals surface area contributed by atoms with Crippen LogP contribution in [0.15, 0.2) is 16.9 Å². The minimum Gasteiger partial charge on any atom is -0.384 e. The number of aromatic nitrogens is 3. The lowest BCUT2D eigenvalue weighted by Gasteiger charge is -2.30. The lowest BCUT2D eigenvalue weighted by Crippen LogP contribution is -2.44. The van der Waals surface area contributed by atoms with Gasteiger partial charge in [0, 0.05) is 26.7 Å². The van der Waals surface area contributed by atoms with Crippen molar-refractivity contribution in [3.8, 4) is 0 Å². The van der Waals surface area contributed by atoms with E-state index < -0.39 is 29.3 Å². The molecule has 0 radical (unpaired) electrons. The number of aryl methyl sites for hydroxylation is 1. The minimum absolute atomic E-state index is 0.0677. The molecule has 164 valence electrons. The van der Waals surface area contributed by atoms with Crippen molar-refractivity contribution in [1.82, 2.24) is 19.0 Å². The molecule has 0 bridgehead atoms. The Kier molecular flexibility index (Phi) is 4.44. The summed E-state index contributed by atoms with van der Waals surface area (Å²) in [5.74, 6) is -4.56. The number of amides is 1. The highest BCUT2D eigenvalue weighted by Crippen LogP contribution is 2.69. The number of halogens is 2. The molecule has 2 aromatic heterocycles. The van der Waals surface area contributed by atoms with Crippen LogP contribution in [0.1, 0.15) is 39.8 Å². The van der Waals surface area contributed by atoms with Crippen LogP contribution in [0.4, 0.5) is 8.78 Å². The number of carbonyl (C=O) groups excluding carboxylic acids is 1. The Hall–Kier alpha value is -2.29. The maximum absolute atomic E-state index is 15.0. The lowest BCUT2D eigenvalue weighted by molar-refractivity contribution is -0.140. The number of nitrogens with zero attached hydrogens (tertiary/aromatic N) is 4. The van der Waals surface area contributed by atoms with Crippen molar-refractivity contribution in [2.75, 3.05) is 13.1 Å². The highest BCUT2D eigenvalue weighted by Gasteiger charge is 2.82. The topological polar surface area (TPSA) is 80.4 Å². The van der Waals surface area contributed by atoms with Crippen LogP contribution in [0.5, 0.6) is 0 Å². The van der Waals surface area contributed by atoms with Gasteiger partial charge in [0.05, 0.1) is 22.5 Å². The zero-order valence-corrected chi connectivity index (χ0v) is 17.9. The Labute approximate surface area is 173 Å². The van der Waals surface area contributed by atoms with Gasteiger partial charge in [-0.15, -0.1) is 0 Å². The summed E-state index contributed by atoms with van der Waals surface area (Å²) in [6, 6.07) is 3.30. The van der Waals surface area contributed by atoms with E-state index in [0.29, 0.717) is 17.7 Å². The highest BCUT2D eigenvalue weighted by atomic mass is 19.3. The minimum atomic E-state index is -2.99. The number of alkyl halides is 2. The van der Waals surface area contributed by atoms with Gasteiger partial charge in [-0.2, -0.15) is 0 Å². The zero-order chi connectivity index (χ0) is 22.2. The third-order valence-corrected chi connectivity index (χ3v) is 6.46. The number of rotatable bonds is 3. The van der Waals surface area contributed by atoms with E-state index in [1.54, 1.807) is 23.7 Å². The maximum Gasteiger partial charge on any atom is 0.330 e. The van der Waals surface area contributed by atoms with E-state index in [2.05, 4.69) is 4.98 Å². The first kappa shape index (κ1) is 21.0. The van der Waals surface area contributed by atoms with Gasteiger partial charge in [0.1, 0.15) is 6.10 Å². The number of aliphatic hydroxyl groups excluding tert-OH is 1. The molecule has 2 aromatic rings. The summed E-state index contributed by atoms with van der Waals surface area (Å²) in [6.07, 6.45) is -1.14. The molecule has 1 aliphatic heterocycles. The smallest absolute Gasteiger partial charge is 0.330 e. The van der Waals surface area contributed by atoms with Crippen molar-refractivity contribution >= 4 is 17.1 Å². The Morgan fingerprint density at radius 3 is 2.60 bits per heavy atom. The van der Waals surface area contributed by atoms with Crippen LogP contribution < -0.4 is 5.69 Å². The second-order valence-corrected chi connectivity index (χ2v) is 9.88. The summed E-state index contributed by atoms with van der Waals surface area (Å²) >= 11 is 0. The van der Waals surface area contributed by atoms with Crippen LogP contribution in [-0.2, 0) is 23.8 Å². The van der Waals surface area contributed by atoms with Crippen molar-refractivity contribution in [2.45, 2.75) is 58.1 Å². The molecule has 0 spiro atoms. The molecule has 1 aliphatic carbocycles. The van der Waals surface area contributed by atoms with Crippen LogP contribution in [0.3, 0.4) is 0 Å². The number of piperidine rings is 1.